The van der Waals surface area contributed by atoms with E-state index in [0.29, 0.717) is 24.7 Å². The van der Waals surface area contributed by atoms with E-state index in [-0.39, 0.29) is 12.3 Å². The smallest absolute Gasteiger partial charge is 0.244 e. The fourth-order valence-electron chi connectivity index (χ4n) is 2.81. The maximum atomic E-state index is 12.1. The third-order valence-electron chi connectivity index (χ3n) is 4.31. The first-order chi connectivity index (χ1) is 15.4. The molecule has 8 heteroatoms. The van der Waals surface area contributed by atoms with Gasteiger partial charge in [0.05, 0.1) is 23.7 Å². The highest BCUT2D eigenvalue weighted by atomic mass is 127. The van der Waals surface area contributed by atoms with Crippen LogP contribution in [0.1, 0.15) is 23.6 Å². The predicted molar refractivity (Wildman–Crippen MR) is 142 cm³/mol. The largest absolute Gasteiger partial charge is 0.490 e. The molecule has 0 aromatic heterocycles. The molecule has 3 aromatic carbocycles. The summed E-state index contributed by atoms with van der Waals surface area (Å²) in [5.74, 6) is 1.04. The molecule has 32 heavy (non-hydrogen) atoms. The van der Waals surface area contributed by atoms with Crippen LogP contribution in [0.15, 0.2) is 74.7 Å². The highest BCUT2D eigenvalue weighted by molar-refractivity contribution is 14.1. The molecule has 0 unspecified atom stereocenters. The molecule has 0 spiro atoms. The average molecular weight is 672 g/mol. The first kappa shape index (κ1) is 24.7. The zero-order valence-electron chi connectivity index (χ0n) is 17.3. The van der Waals surface area contributed by atoms with Crippen molar-refractivity contribution < 1.29 is 14.3 Å². The summed E-state index contributed by atoms with van der Waals surface area (Å²) in [6.45, 7) is 2.84. The molecule has 0 radical (unpaired) electrons. The van der Waals surface area contributed by atoms with Gasteiger partial charge in [-0.05, 0) is 98.5 Å². The number of hydrogen-bond acceptors (Lipinski definition) is 4. The van der Waals surface area contributed by atoms with Gasteiger partial charge in [-0.3, -0.25) is 4.79 Å². The van der Waals surface area contributed by atoms with Crippen LogP contribution >= 0.6 is 54.5 Å². The molecule has 0 heterocycles. The van der Waals surface area contributed by atoms with E-state index in [9.17, 15) is 4.79 Å². The molecule has 0 saturated heterocycles. The lowest BCUT2D eigenvalue weighted by molar-refractivity contribution is -0.120. The lowest BCUT2D eigenvalue weighted by atomic mass is 10.1. The highest BCUT2D eigenvalue weighted by Gasteiger charge is 2.12. The van der Waals surface area contributed by atoms with Crippen LogP contribution in [0.25, 0.3) is 0 Å². The van der Waals surface area contributed by atoms with Gasteiger partial charge >= 0.3 is 0 Å². The minimum atomic E-state index is -0.190. The second-order valence-corrected chi connectivity index (χ2v) is 9.79. The molecule has 3 rings (SSSR count). The van der Waals surface area contributed by atoms with E-state index in [2.05, 4.69) is 65.0 Å². The van der Waals surface area contributed by atoms with Crippen LogP contribution < -0.4 is 14.9 Å². The Morgan fingerprint density at radius 3 is 2.41 bits per heavy atom. The van der Waals surface area contributed by atoms with Crippen molar-refractivity contribution in [2.45, 2.75) is 20.0 Å². The Hall–Kier alpha value is -1.91. The monoisotopic (exact) mass is 670 g/mol. The minimum Gasteiger partial charge on any atom is -0.490 e. The normalized spacial score (nSPS) is 10.9. The number of nitrogens with zero attached hydrogens (tertiary/aromatic N) is 1. The number of carbonyl (C=O) groups excluding carboxylic acids is 1. The Bertz CT molecular complexity index is 1090. The topological polar surface area (TPSA) is 59.9 Å². The number of halogens is 3. The SMILES string of the molecule is CCOc1cc(/C=N/NC(=O)Cc2ccc(Br)cc2)cc(Br)c1OCc1ccc(I)cc1. The fraction of sp³-hybridized carbons (Fsp3) is 0.167. The van der Waals surface area contributed by atoms with Crippen LogP contribution in [0.3, 0.4) is 0 Å². The van der Waals surface area contributed by atoms with Crippen LogP contribution in [-0.2, 0) is 17.8 Å². The molecule has 3 aromatic rings. The number of hydrazone groups is 1. The van der Waals surface area contributed by atoms with Crippen molar-refractivity contribution in [1.82, 2.24) is 5.43 Å². The molecule has 1 amide bonds. The van der Waals surface area contributed by atoms with E-state index in [1.807, 2.05) is 67.6 Å². The molecular formula is C24H21Br2IN2O3. The molecule has 0 saturated carbocycles. The second kappa shape index (κ2) is 12.4. The van der Waals surface area contributed by atoms with Crippen LogP contribution in [0, 0.1) is 3.57 Å². The van der Waals surface area contributed by atoms with Gasteiger partial charge in [0.15, 0.2) is 11.5 Å². The molecule has 1 N–H and O–H groups in total. The molecule has 0 atom stereocenters. The van der Waals surface area contributed by atoms with Crippen LogP contribution in [0.2, 0.25) is 0 Å². The van der Waals surface area contributed by atoms with Gasteiger partial charge in [0.25, 0.3) is 0 Å². The Labute approximate surface area is 218 Å². The minimum absolute atomic E-state index is 0.190. The number of nitrogens with one attached hydrogen (secondary N) is 1. The Kier molecular flexibility index (Phi) is 9.55. The third-order valence-corrected chi connectivity index (χ3v) is 6.15. The fourth-order valence-corrected chi connectivity index (χ4v) is 4.01. The number of rotatable bonds is 9. The molecule has 0 aliphatic rings. The van der Waals surface area contributed by atoms with Crippen molar-refractivity contribution in [3.05, 3.63) is 89.9 Å². The van der Waals surface area contributed by atoms with Crippen molar-refractivity contribution in [2.24, 2.45) is 5.10 Å². The first-order valence-electron chi connectivity index (χ1n) is 9.84. The van der Waals surface area contributed by atoms with E-state index < -0.39 is 0 Å². The van der Waals surface area contributed by atoms with Crippen LogP contribution in [-0.4, -0.2) is 18.7 Å². The van der Waals surface area contributed by atoms with Crippen molar-refractivity contribution in [3.8, 4) is 11.5 Å². The number of amides is 1. The predicted octanol–water partition coefficient (Wildman–Crippen LogP) is 6.49. The average Bonchev–Trinajstić information content (AvgIpc) is 2.76. The van der Waals surface area contributed by atoms with Crippen molar-refractivity contribution in [3.63, 3.8) is 0 Å². The summed E-state index contributed by atoms with van der Waals surface area (Å²) in [7, 11) is 0. The Morgan fingerprint density at radius 1 is 1.03 bits per heavy atom. The number of ether oxygens (including phenoxy) is 2. The summed E-state index contributed by atoms with van der Waals surface area (Å²) < 4.78 is 14.7. The maximum absolute atomic E-state index is 12.1. The van der Waals surface area contributed by atoms with Gasteiger partial charge in [-0.15, -0.1) is 0 Å². The van der Waals surface area contributed by atoms with Gasteiger partial charge < -0.3 is 9.47 Å². The Morgan fingerprint density at radius 2 is 1.72 bits per heavy atom. The molecule has 0 bridgehead atoms. The summed E-state index contributed by atoms with van der Waals surface area (Å²) in [5, 5.41) is 4.08. The van der Waals surface area contributed by atoms with Crippen LogP contribution in [0.4, 0.5) is 0 Å². The number of carbonyl (C=O) groups is 1. The van der Waals surface area contributed by atoms with Crippen molar-refractivity contribution in [2.75, 3.05) is 6.61 Å². The van der Waals surface area contributed by atoms with E-state index in [1.165, 1.54) is 3.57 Å². The molecule has 0 aliphatic carbocycles. The van der Waals surface area contributed by atoms with Crippen LogP contribution in [0.5, 0.6) is 11.5 Å². The zero-order valence-corrected chi connectivity index (χ0v) is 22.6. The Balaban J connectivity index is 1.65. The first-order valence-corrected chi connectivity index (χ1v) is 12.5. The summed E-state index contributed by atoms with van der Waals surface area (Å²) in [6.07, 6.45) is 1.83. The molecular weight excluding hydrogens is 651 g/mol. The van der Waals surface area contributed by atoms with Gasteiger partial charge in [0.1, 0.15) is 6.61 Å². The lowest BCUT2D eigenvalue weighted by Crippen LogP contribution is -2.19. The summed E-state index contributed by atoms with van der Waals surface area (Å²) >= 11 is 9.22. The highest BCUT2D eigenvalue weighted by Crippen LogP contribution is 2.37. The molecule has 5 nitrogen and oxygen atoms in total. The van der Waals surface area contributed by atoms with E-state index in [1.54, 1.807) is 6.21 Å². The van der Waals surface area contributed by atoms with Gasteiger partial charge in [-0.25, -0.2) is 5.43 Å². The standard InChI is InChI=1S/C24H21Br2IN2O3/c1-2-31-22-12-18(14-28-29-23(30)13-16-3-7-19(25)8-4-16)11-21(26)24(22)32-15-17-5-9-20(27)10-6-17/h3-12,14H,2,13,15H2,1H3,(H,29,30)/b28-14+. The van der Waals surface area contributed by atoms with E-state index >= 15 is 0 Å². The van der Waals surface area contributed by atoms with Gasteiger partial charge in [0, 0.05) is 8.04 Å². The number of hydrogen-bond donors (Lipinski definition) is 1. The van der Waals surface area contributed by atoms with Gasteiger partial charge in [0.2, 0.25) is 5.91 Å². The van der Waals surface area contributed by atoms with Gasteiger partial charge in [-0.2, -0.15) is 5.10 Å². The van der Waals surface area contributed by atoms with Crippen molar-refractivity contribution >= 4 is 66.6 Å². The summed E-state index contributed by atoms with van der Waals surface area (Å²) in [6, 6.07) is 19.5. The zero-order chi connectivity index (χ0) is 22.9. The van der Waals surface area contributed by atoms with E-state index in [0.717, 1.165) is 25.6 Å². The molecule has 166 valence electrons. The third kappa shape index (κ3) is 7.60. The molecule has 0 aliphatic heterocycles. The summed E-state index contributed by atoms with van der Waals surface area (Å²) in [4.78, 5) is 12.1. The number of benzene rings is 3. The maximum Gasteiger partial charge on any atom is 0.244 e. The molecule has 0 fully saturated rings. The van der Waals surface area contributed by atoms with Crippen molar-refractivity contribution in [1.29, 1.82) is 0 Å². The lowest BCUT2D eigenvalue weighted by Gasteiger charge is -2.14. The summed E-state index contributed by atoms with van der Waals surface area (Å²) in [5.41, 5.74) is 5.31. The quantitative estimate of drug-likeness (QED) is 0.161. The second-order valence-electron chi connectivity index (χ2n) is 6.77. The van der Waals surface area contributed by atoms with E-state index in [4.69, 9.17) is 9.47 Å². The van der Waals surface area contributed by atoms with Gasteiger partial charge in [-0.1, -0.05) is 40.2 Å².